The molecule has 4 nitrogen and oxygen atoms in total. The lowest BCUT2D eigenvalue weighted by molar-refractivity contribution is -0.141. The summed E-state index contributed by atoms with van der Waals surface area (Å²) in [6, 6.07) is 0. The minimum atomic E-state index is -0.710. The first kappa shape index (κ1) is 16.7. The van der Waals surface area contributed by atoms with Gasteiger partial charge in [-0.05, 0) is 19.8 Å². The molecule has 0 amide bonds. The summed E-state index contributed by atoms with van der Waals surface area (Å²) in [5, 5.41) is 18.7. The Hall–Kier alpha value is -0.770. The Morgan fingerprint density at radius 2 is 2.00 bits per heavy atom. The summed E-state index contributed by atoms with van der Waals surface area (Å²) < 4.78 is 0. The SMILES string of the molecule is CC(=N)NCCCCCC(C)C(=O)O.Cl. The molecular weight excluding hydrogens is 216 g/mol. The topological polar surface area (TPSA) is 73.2 Å². The summed E-state index contributed by atoms with van der Waals surface area (Å²) in [7, 11) is 0. The van der Waals surface area contributed by atoms with Gasteiger partial charge in [-0.2, -0.15) is 0 Å². The Labute approximate surface area is 97.4 Å². The molecule has 0 fully saturated rings. The fourth-order valence-corrected chi connectivity index (χ4v) is 1.15. The lowest BCUT2D eigenvalue weighted by atomic mass is 10.0. The van der Waals surface area contributed by atoms with Crippen LogP contribution in [0.25, 0.3) is 0 Å². The van der Waals surface area contributed by atoms with Crippen molar-refractivity contribution in [2.45, 2.75) is 39.5 Å². The summed E-state index contributed by atoms with van der Waals surface area (Å²) >= 11 is 0. The van der Waals surface area contributed by atoms with E-state index in [4.69, 9.17) is 10.5 Å². The fourth-order valence-electron chi connectivity index (χ4n) is 1.15. The molecule has 15 heavy (non-hydrogen) atoms. The van der Waals surface area contributed by atoms with Crippen molar-refractivity contribution >= 4 is 24.2 Å². The fraction of sp³-hybridized carbons (Fsp3) is 0.800. The average Bonchev–Trinajstić information content (AvgIpc) is 2.09. The second kappa shape index (κ2) is 9.77. The third-order valence-corrected chi connectivity index (χ3v) is 2.13. The molecule has 0 aromatic carbocycles. The number of unbranched alkanes of at least 4 members (excludes halogenated alkanes) is 2. The Morgan fingerprint density at radius 1 is 1.40 bits per heavy atom. The van der Waals surface area contributed by atoms with Crippen molar-refractivity contribution in [1.29, 1.82) is 5.41 Å². The van der Waals surface area contributed by atoms with Crippen LogP contribution in [0.4, 0.5) is 0 Å². The van der Waals surface area contributed by atoms with Crippen molar-refractivity contribution in [3.63, 3.8) is 0 Å². The molecule has 1 atom stereocenters. The number of rotatable bonds is 7. The van der Waals surface area contributed by atoms with Gasteiger partial charge in [0, 0.05) is 6.54 Å². The highest BCUT2D eigenvalue weighted by Gasteiger charge is 2.09. The van der Waals surface area contributed by atoms with Crippen LogP contribution in [0.3, 0.4) is 0 Å². The summed E-state index contributed by atoms with van der Waals surface area (Å²) in [6.07, 6.45) is 3.73. The van der Waals surface area contributed by atoms with E-state index in [1.807, 2.05) is 0 Å². The number of hydrogen-bond acceptors (Lipinski definition) is 2. The first-order chi connectivity index (χ1) is 6.54. The van der Waals surface area contributed by atoms with Crippen LogP contribution in [0.5, 0.6) is 0 Å². The molecule has 5 heteroatoms. The first-order valence-electron chi connectivity index (χ1n) is 5.06. The van der Waals surface area contributed by atoms with E-state index < -0.39 is 5.97 Å². The highest BCUT2D eigenvalue weighted by molar-refractivity contribution is 5.85. The minimum Gasteiger partial charge on any atom is -0.481 e. The largest absolute Gasteiger partial charge is 0.481 e. The van der Waals surface area contributed by atoms with E-state index >= 15 is 0 Å². The van der Waals surface area contributed by atoms with E-state index in [9.17, 15) is 4.79 Å². The number of carboxylic acid groups (broad SMARTS) is 1. The number of hydrogen-bond donors (Lipinski definition) is 3. The highest BCUT2D eigenvalue weighted by atomic mass is 35.5. The van der Waals surface area contributed by atoms with Gasteiger partial charge in [0.25, 0.3) is 0 Å². The van der Waals surface area contributed by atoms with Crippen LogP contribution in [-0.4, -0.2) is 23.5 Å². The Balaban J connectivity index is 0. The minimum absolute atomic E-state index is 0. The molecule has 0 aromatic rings. The number of nitrogens with one attached hydrogen (secondary N) is 2. The van der Waals surface area contributed by atoms with Crippen LogP contribution in [0.2, 0.25) is 0 Å². The van der Waals surface area contributed by atoms with Gasteiger partial charge < -0.3 is 10.4 Å². The molecule has 0 saturated carbocycles. The van der Waals surface area contributed by atoms with Gasteiger partial charge in [-0.3, -0.25) is 10.2 Å². The Bertz CT molecular complexity index is 198. The van der Waals surface area contributed by atoms with Gasteiger partial charge in [0.2, 0.25) is 0 Å². The van der Waals surface area contributed by atoms with Crippen LogP contribution >= 0.6 is 12.4 Å². The van der Waals surface area contributed by atoms with Gasteiger partial charge in [0.1, 0.15) is 0 Å². The van der Waals surface area contributed by atoms with Gasteiger partial charge in [-0.25, -0.2) is 0 Å². The predicted molar refractivity (Wildman–Crippen MR) is 63.9 cm³/mol. The second-order valence-electron chi connectivity index (χ2n) is 3.64. The molecule has 3 N–H and O–H groups in total. The van der Waals surface area contributed by atoms with E-state index in [0.717, 1.165) is 32.2 Å². The normalized spacial score (nSPS) is 11.3. The molecule has 0 aromatic heterocycles. The van der Waals surface area contributed by atoms with Crippen molar-refractivity contribution in [1.82, 2.24) is 5.32 Å². The molecule has 0 saturated heterocycles. The van der Waals surface area contributed by atoms with E-state index in [0.29, 0.717) is 5.84 Å². The van der Waals surface area contributed by atoms with Crippen molar-refractivity contribution in [3.8, 4) is 0 Å². The van der Waals surface area contributed by atoms with Crippen LogP contribution in [0.15, 0.2) is 0 Å². The number of carboxylic acids is 1. The summed E-state index contributed by atoms with van der Waals surface area (Å²) in [4.78, 5) is 10.5. The molecule has 0 heterocycles. The zero-order chi connectivity index (χ0) is 11.0. The van der Waals surface area contributed by atoms with Crippen LogP contribution < -0.4 is 5.32 Å². The lowest BCUT2D eigenvalue weighted by Crippen LogP contribution is -2.20. The Kier molecular flexibility index (Phi) is 10.8. The van der Waals surface area contributed by atoms with E-state index in [1.165, 1.54) is 0 Å². The van der Waals surface area contributed by atoms with Gasteiger partial charge >= 0.3 is 5.97 Å². The molecule has 0 aliphatic rings. The molecule has 0 spiro atoms. The molecule has 0 aliphatic heterocycles. The second-order valence-corrected chi connectivity index (χ2v) is 3.64. The third kappa shape index (κ3) is 11.2. The number of amidine groups is 1. The number of halogens is 1. The van der Waals surface area contributed by atoms with Gasteiger partial charge in [0.05, 0.1) is 11.8 Å². The van der Waals surface area contributed by atoms with Gasteiger partial charge in [-0.15, -0.1) is 12.4 Å². The van der Waals surface area contributed by atoms with Crippen molar-refractivity contribution in [2.75, 3.05) is 6.54 Å². The monoisotopic (exact) mass is 236 g/mol. The zero-order valence-corrected chi connectivity index (χ0v) is 10.2. The average molecular weight is 237 g/mol. The molecule has 90 valence electrons. The van der Waals surface area contributed by atoms with E-state index in [2.05, 4.69) is 5.32 Å². The Morgan fingerprint density at radius 3 is 2.47 bits per heavy atom. The van der Waals surface area contributed by atoms with Gasteiger partial charge in [-0.1, -0.05) is 19.8 Å². The zero-order valence-electron chi connectivity index (χ0n) is 9.38. The van der Waals surface area contributed by atoms with Crippen LogP contribution in [-0.2, 0) is 4.79 Å². The quantitative estimate of drug-likeness (QED) is 0.361. The summed E-state index contributed by atoms with van der Waals surface area (Å²) in [5.41, 5.74) is 0. The molecule has 0 rings (SSSR count). The third-order valence-electron chi connectivity index (χ3n) is 2.13. The molecule has 1 unspecified atom stereocenters. The summed E-state index contributed by atoms with van der Waals surface area (Å²) in [6.45, 7) is 4.27. The van der Waals surface area contributed by atoms with Gasteiger partial charge in [0.15, 0.2) is 0 Å². The molecule has 0 aliphatic carbocycles. The van der Waals surface area contributed by atoms with Crippen LogP contribution in [0, 0.1) is 11.3 Å². The van der Waals surface area contributed by atoms with E-state index in [-0.39, 0.29) is 18.3 Å². The van der Waals surface area contributed by atoms with Crippen molar-refractivity contribution in [3.05, 3.63) is 0 Å². The van der Waals surface area contributed by atoms with E-state index in [1.54, 1.807) is 13.8 Å². The lowest BCUT2D eigenvalue weighted by Gasteiger charge is -2.06. The predicted octanol–water partition coefficient (Wildman–Crippen LogP) is 2.28. The standard InChI is InChI=1S/C10H20N2O2.ClH/c1-8(10(13)14)6-4-3-5-7-12-9(2)11;/h8H,3-7H2,1-2H3,(H2,11,12)(H,13,14);1H. The number of carbonyl (C=O) groups is 1. The maximum Gasteiger partial charge on any atom is 0.306 e. The molecule has 0 radical (unpaired) electrons. The molecule has 0 bridgehead atoms. The van der Waals surface area contributed by atoms with Crippen molar-refractivity contribution in [2.24, 2.45) is 5.92 Å². The maximum absolute atomic E-state index is 10.5. The molecular formula is C10H21ClN2O2. The maximum atomic E-state index is 10.5. The van der Waals surface area contributed by atoms with Crippen molar-refractivity contribution < 1.29 is 9.90 Å². The number of aliphatic carboxylic acids is 1. The highest BCUT2D eigenvalue weighted by Crippen LogP contribution is 2.08. The summed E-state index contributed by atoms with van der Waals surface area (Å²) in [5.74, 6) is -0.449. The van der Waals surface area contributed by atoms with Crippen LogP contribution in [0.1, 0.15) is 39.5 Å². The smallest absolute Gasteiger partial charge is 0.306 e. The first-order valence-corrected chi connectivity index (χ1v) is 5.06.